The number of carbonyl (C=O) groups excluding carboxylic acids is 1. The number of imide groups is 1. The van der Waals surface area contributed by atoms with Crippen LogP contribution in [0.4, 0.5) is 19.7 Å². The van der Waals surface area contributed by atoms with E-state index in [2.05, 4.69) is 0 Å². The Bertz CT molecular complexity index is 847. The Balaban J connectivity index is 2.86. The maximum absolute atomic E-state index is 14.7. The molecule has 0 bridgehead atoms. The first kappa shape index (κ1) is 23.4. The molecule has 1 unspecified atom stereocenters. The van der Waals surface area contributed by atoms with Crippen LogP contribution in [0.3, 0.4) is 0 Å². The van der Waals surface area contributed by atoms with Gasteiger partial charge in [0.05, 0.1) is 5.69 Å². The molecule has 0 aromatic heterocycles. The number of hydrogen-bond acceptors (Lipinski definition) is 3. The van der Waals surface area contributed by atoms with Crippen LogP contribution in [-0.4, -0.2) is 45.3 Å². The maximum atomic E-state index is 14.7. The fraction of sp³-hybridized carbons (Fsp3) is 0.550. The van der Waals surface area contributed by atoms with Crippen LogP contribution < -0.4 is 4.90 Å². The summed E-state index contributed by atoms with van der Waals surface area (Å²) < 4.78 is 15.4. The van der Waals surface area contributed by atoms with E-state index in [0.717, 1.165) is 0 Å². The molecule has 1 aliphatic heterocycles. The normalized spacial score (nSPS) is 22.7. The number of benzene rings is 1. The number of anilines is 1. The Kier molecular flexibility index (Phi) is 5.97. The Morgan fingerprint density at radius 1 is 1.17 bits per heavy atom. The fourth-order valence-electron chi connectivity index (χ4n) is 4.37. The van der Waals surface area contributed by atoms with Gasteiger partial charge in [0, 0.05) is 16.0 Å². The topological polar surface area (TPSA) is 98.2 Å². The number of rotatable bonds is 2. The molecule has 1 aromatic carbocycles. The van der Waals surface area contributed by atoms with Gasteiger partial charge in [0.15, 0.2) is 0 Å². The van der Waals surface area contributed by atoms with Gasteiger partial charge >= 0.3 is 12.2 Å². The van der Waals surface area contributed by atoms with Crippen molar-refractivity contribution in [2.75, 3.05) is 11.4 Å². The van der Waals surface area contributed by atoms with Crippen molar-refractivity contribution < 1.29 is 29.0 Å². The van der Waals surface area contributed by atoms with E-state index in [9.17, 15) is 29.0 Å². The molecule has 1 fully saturated rings. The van der Waals surface area contributed by atoms with E-state index in [4.69, 9.17) is 0 Å². The van der Waals surface area contributed by atoms with Crippen LogP contribution >= 0.6 is 22.6 Å². The molecule has 1 heterocycles. The molecule has 2 N–H and O–H groups in total. The van der Waals surface area contributed by atoms with E-state index in [1.165, 1.54) is 17.0 Å². The zero-order valence-electron chi connectivity index (χ0n) is 17.3. The Hall–Kier alpha value is -1.91. The first-order valence-corrected chi connectivity index (χ1v) is 10.2. The molecule has 1 aromatic rings. The SMILES string of the molecule is CC(C)(C)C1CN(c2ccc(I)cc2F)C(=O)[C@@]1(N(C(=O)O)C(=O)O)C(C)(C)C. The quantitative estimate of drug-likeness (QED) is 0.542. The van der Waals surface area contributed by atoms with Gasteiger partial charge in [0.1, 0.15) is 11.4 Å². The van der Waals surface area contributed by atoms with Gasteiger partial charge in [-0.3, -0.25) is 4.79 Å². The Morgan fingerprint density at radius 3 is 2.07 bits per heavy atom. The van der Waals surface area contributed by atoms with Gasteiger partial charge in [0.25, 0.3) is 5.91 Å². The predicted molar refractivity (Wildman–Crippen MR) is 114 cm³/mol. The molecule has 0 saturated carbocycles. The van der Waals surface area contributed by atoms with Gasteiger partial charge in [-0.25, -0.2) is 14.0 Å². The summed E-state index contributed by atoms with van der Waals surface area (Å²) in [6, 6.07) is 4.37. The second-order valence-electron chi connectivity index (χ2n) is 9.35. The molecule has 0 aliphatic carbocycles. The molecule has 1 aliphatic rings. The number of carboxylic acid groups (broad SMARTS) is 2. The first-order chi connectivity index (χ1) is 13.1. The number of amides is 3. The van der Waals surface area contributed by atoms with E-state index >= 15 is 0 Å². The Morgan fingerprint density at radius 2 is 1.69 bits per heavy atom. The van der Waals surface area contributed by atoms with Crippen molar-refractivity contribution in [3.8, 4) is 0 Å². The van der Waals surface area contributed by atoms with Crippen molar-refractivity contribution >= 4 is 46.4 Å². The van der Waals surface area contributed by atoms with Crippen molar-refractivity contribution in [1.29, 1.82) is 0 Å². The van der Waals surface area contributed by atoms with Crippen LogP contribution in [0.15, 0.2) is 18.2 Å². The van der Waals surface area contributed by atoms with Crippen LogP contribution in [0.25, 0.3) is 0 Å². The summed E-state index contributed by atoms with van der Waals surface area (Å²) in [6.07, 6.45) is -3.47. The summed E-state index contributed by atoms with van der Waals surface area (Å²) in [5.74, 6) is -2.08. The summed E-state index contributed by atoms with van der Waals surface area (Å²) >= 11 is 1.95. The highest BCUT2D eigenvalue weighted by atomic mass is 127. The second kappa shape index (κ2) is 7.41. The van der Waals surface area contributed by atoms with E-state index in [1.54, 1.807) is 26.8 Å². The summed E-state index contributed by atoms with van der Waals surface area (Å²) in [5.41, 5.74) is -3.67. The molecule has 2 rings (SSSR count). The van der Waals surface area contributed by atoms with Gasteiger partial charge in [-0.2, -0.15) is 4.90 Å². The largest absolute Gasteiger partial charge is 0.464 e. The van der Waals surface area contributed by atoms with Gasteiger partial charge in [0.2, 0.25) is 0 Å². The summed E-state index contributed by atoms with van der Waals surface area (Å²) in [5, 5.41) is 19.6. The average molecular weight is 520 g/mol. The van der Waals surface area contributed by atoms with Gasteiger partial charge in [-0.15, -0.1) is 0 Å². The lowest BCUT2D eigenvalue weighted by molar-refractivity contribution is -0.138. The van der Waals surface area contributed by atoms with Crippen molar-refractivity contribution in [2.24, 2.45) is 16.7 Å². The van der Waals surface area contributed by atoms with Crippen molar-refractivity contribution in [3.63, 3.8) is 0 Å². The minimum atomic E-state index is -1.93. The molecule has 0 radical (unpaired) electrons. The zero-order valence-corrected chi connectivity index (χ0v) is 19.4. The van der Waals surface area contributed by atoms with Gasteiger partial charge < -0.3 is 15.1 Å². The lowest BCUT2D eigenvalue weighted by atomic mass is 9.59. The number of nitrogens with zero attached hydrogens (tertiary/aromatic N) is 2. The Labute approximate surface area is 183 Å². The molecule has 29 heavy (non-hydrogen) atoms. The molecule has 160 valence electrons. The van der Waals surface area contributed by atoms with Gasteiger partial charge in [-0.05, 0) is 51.6 Å². The van der Waals surface area contributed by atoms with Crippen LogP contribution in [0, 0.1) is 26.1 Å². The van der Waals surface area contributed by atoms with E-state index in [1.807, 2.05) is 43.4 Å². The molecule has 3 amide bonds. The van der Waals surface area contributed by atoms with Gasteiger partial charge in [-0.1, -0.05) is 41.5 Å². The predicted octanol–water partition coefficient (Wildman–Crippen LogP) is 4.88. The average Bonchev–Trinajstić information content (AvgIpc) is 2.81. The molecule has 1 saturated heterocycles. The van der Waals surface area contributed by atoms with Crippen molar-refractivity contribution in [1.82, 2.24) is 4.90 Å². The van der Waals surface area contributed by atoms with Crippen LogP contribution in [0.1, 0.15) is 41.5 Å². The summed E-state index contributed by atoms with van der Waals surface area (Å²) in [6.45, 7) is 10.4. The highest BCUT2D eigenvalue weighted by molar-refractivity contribution is 14.1. The fourth-order valence-corrected chi connectivity index (χ4v) is 4.83. The first-order valence-electron chi connectivity index (χ1n) is 9.10. The van der Waals surface area contributed by atoms with Crippen LogP contribution in [-0.2, 0) is 4.79 Å². The molecule has 7 nitrogen and oxygen atoms in total. The highest BCUT2D eigenvalue weighted by Gasteiger charge is 2.69. The molecule has 0 spiro atoms. The van der Waals surface area contributed by atoms with E-state index in [-0.39, 0.29) is 17.1 Å². The maximum Gasteiger partial charge on any atom is 0.417 e. The minimum absolute atomic E-state index is 0.00578. The minimum Gasteiger partial charge on any atom is -0.464 e. The third-order valence-corrected chi connectivity index (χ3v) is 6.24. The standard InChI is InChI=1S/C20H26FIN2O5/c1-18(2,3)14-10-23(13-8-7-11(22)9-12(13)21)15(25)20(14,19(4,5)6)24(16(26)27)17(28)29/h7-9,14H,10H2,1-6H3,(H,26,27)(H,28,29)/t14?,20-/m1/s1. The van der Waals surface area contributed by atoms with Crippen molar-refractivity contribution in [3.05, 3.63) is 27.6 Å². The van der Waals surface area contributed by atoms with Crippen LogP contribution in [0.5, 0.6) is 0 Å². The van der Waals surface area contributed by atoms with E-state index in [0.29, 0.717) is 3.57 Å². The molecule has 9 heteroatoms. The molecular weight excluding hydrogens is 494 g/mol. The summed E-state index contributed by atoms with van der Waals surface area (Å²) in [7, 11) is 0. The number of halogens is 2. The van der Waals surface area contributed by atoms with Crippen molar-refractivity contribution in [2.45, 2.75) is 47.1 Å². The lowest BCUT2D eigenvalue weighted by Gasteiger charge is -2.51. The monoisotopic (exact) mass is 520 g/mol. The van der Waals surface area contributed by atoms with E-state index < -0.39 is 46.2 Å². The second-order valence-corrected chi connectivity index (χ2v) is 10.6. The third-order valence-electron chi connectivity index (χ3n) is 5.57. The smallest absolute Gasteiger partial charge is 0.417 e. The number of hydrogen-bond donors (Lipinski definition) is 2. The molecular formula is C20H26FIN2O5. The number of carbonyl (C=O) groups is 3. The van der Waals surface area contributed by atoms with Crippen LogP contribution in [0.2, 0.25) is 0 Å². The lowest BCUT2D eigenvalue weighted by Crippen LogP contribution is -2.69. The summed E-state index contributed by atoms with van der Waals surface area (Å²) in [4.78, 5) is 39.3. The molecule has 2 atom stereocenters. The highest BCUT2D eigenvalue weighted by Crippen LogP contribution is 2.54. The zero-order chi connectivity index (χ0) is 22.5. The third kappa shape index (κ3) is 3.69.